The van der Waals surface area contributed by atoms with E-state index in [9.17, 15) is 4.79 Å². The molecule has 26 heavy (non-hydrogen) atoms. The first-order valence-electron chi connectivity index (χ1n) is 8.23. The summed E-state index contributed by atoms with van der Waals surface area (Å²) in [5.74, 6) is 1.18. The molecule has 0 saturated carbocycles. The van der Waals surface area contributed by atoms with Crippen LogP contribution in [0.3, 0.4) is 0 Å². The van der Waals surface area contributed by atoms with Gasteiger partial charge in [0.05, 0.1) is 0 Å². The Bertz CT molecular complexity index is 877. The number of carbonyl (C=O) groups excluding carboxylic acids is 1. The smallest absolute Gasteiger partial charge is 0.262 e. The molecule has 0 saturated heterocycles. The number of benzene rings is 2. The molecule has 0 unspecified atom stereocenters. The van der Waals surface area contributed by atoms with E-state index in [-0.39, 0.29) is 12.5 Å². The molecule has 1 heterocycles. The zero-order chi connectivity index (χ0) is 18.4. The molecule has 0 atom stereocenters. The predicted octanol–water partition coefficient (Wildman–Crippen LogP) is 3.85. The molecule has 1 aromatic heterocycles. The van der Waals surface area contributed by atoms with Crippen molar-refractivity contribution in [2.24, 2.45) is 0 Å². The number of amides is 1. The SMILES string of the molecule is Cc1ccc(OCC(=O)Nc2ccc(Nc3cc(C)ncn3)cc2)cc1. The standard InChI is InChI=1S/C20H20N4O2/c1-14-3-9-18(10-4-14)26-12-20(25)24-17-7-5-16(6-8-17)23-19-11-15(2)21-13-22-19/h3-11,13H,12H2,1-2H3,(H,24,25)(H,21,22,23). The summed E-state index contributed by atoms with van der Waals surface area (Å²) >= 11 is 0. The third-order valence-corrected chi connectivity index (χ3v) is 3.64. The van der Waals surface area contributed by atoms with Gasteiger partial charge in [0.1, 0.15) is 17.9 Å². The number of nitrogens with one attached hydrogen (secondary N) is 2. The van der Waals surface area contributed by atoms with Crippen LogP contribution in [0, 0.1) is 13.8 Å². The number of aromatic nitrogens is 2. The first-order valence-corrected chi connectivity index (χ1v) is 8.23. The molecular weight excluding hydrogens is 328 g/mol. The molecule has 0 aliphatic heterocycles. The van der Waals surface area contributed by atoms with Gasteiger partial charge >= 0.3 is 0 Å². The van der Waals surface area contributed by atoms with Crippen LogP contribution in [0.2, 0.25) is 0 Å². The molecule has 0 fully saturated rings. The van der Waals surface area contributed by atoms with Crippen LogP contribution in [0.1, 0.15) is 11.3 Å². The van der Waals surface area contributed by atoms with Crippen molar-refractivity contribution in [3.05, 3.63) is 72.2 Å². The van der Waals surface area contributed by atoms with E-state index >= 15 is 0 Å². The summed E-state index contributed by atoms with van der Waals surface area (Å²) in [7, 11) is 0. The van der Waals surface area contributed by atoms with Gasteiger partial charge in [-0.1, -0.05) is 17.7 Å². The van der Waals surface area contributed by atoms with Crippen LogP contribution in [-0.4, -0.2) is 22.5 Å². The van der Waals surface area contributed by atoms with Crippen LogP contribution < -0.4 is 15.4 Å². The van der Waals surface area contributed by atoms with Gasteiger partial charge in [-0.05, 0) is 50.2 Å². The fourth-order valence-corrected chi connectivity index (χ4v) is 2.29. The summed E-state index contributed by atoms with van der Waals surface area (Å²) in [4.78, 5) is 20.2. The molecule has 0 aliphatic carbocycles. The van der Waals surface area contributed by atoms with Gasteiger partial charge in [0.15, 0.2) is 6.61 Å². The molecule has 3 aromatic rings. The van der Waals surface area contributed by atoms with E-state index in [4.69, 9.17) is 4.74 Å². The Labute approximate surface area is 152 Å². The Morgan fingerprint density at radius 1 is 0.962 bits per heavy atom. The van der Waals surface area contributed by atoms with Crippen LogP contribution in [0.4, 0.5) is 17.2 Å². The summed E-state index contributed by atoms with van der Waals surface area (Å²) < 4.78 is 5.47. The van der Waals surface area contributed by atoms with E-state index in [0.29, 0.717) is 11.4 Å². The molecule has 2 N–H and O–H groups in total. The minimum absolute atomic E-state index is 0.0384. The number of ether oxygens (including phenoxy) is 1. The number of hydrogen-bond donors (Lipinski definition) is 2. The Kier molecular flexibility index (Phi) is 5.43. The van der Waals surface area contributed by atoms with Gasteiger partial charge in [-0.25, -0.2) is 9.97 Å². The molecule has 3 rings (SSSR count). The number of anilines is 3. The number of rotatable bonds is 6. The van der Waals surface area contributed by atoms with Crippen LogP contribution in [0.15, 0.2) is 60.9 Å². The Hall–Kier alpha value is -3.41. The predicted molar refractivity (Wildman–Crippen MR) is 102 cm³/mol. The maximum atomic E-state index is 12.0. The summed E-state index contributed by atoms with van der Waals surface area (Å²) in [6.45, 7) is 3.87. The highest BCUT2D eigenvalue weighted by Gasteiger charge is 2.04. The van der Waals surface area contributed by atoms with Crippen molar-refractivity contribution in [3.63, 3.8) is 0 Å². The Morgan fingerprint density at radius 2 is 1.65 bits per heavy atom. The van der Waals surface area contributed by atoms with Crippen molar-refractivity contribution in [1.29, 1.82) is 0 Å². The van der Waals surface area contributed by atoms with Crippen molar-refractivity contribution >= 4 is 23.1 Å². The Morgan fingerprint density at radius 3 is 2.35 bits per heavy atom. The highest BCUT2D eigenvalue weighted by molar-refractivity contribution is 5.92. The summed E-state index contributed by atoms with van der Waals surface area (Å²) in [5.41, 5.74) is 3.61. The van der Waals surface area contributed by atoms with E-state index in [2.05, 4.69) is 20.6 Å². The lowest BCUT2D eigenvalue weighted by atomic mass is 10.2. The fourth-order valence-electron chi connectivity index (χ4n) is 2.29. The monoisotopic (exact) mass is 348 g/mol. The molecule has 132 valence electrons. The quantitative estimate of drug-likeness (QED) is 0.707. The summed E-state index contributed by atoms with van der Waals surface area (Å²) in [6.07, 6.45) is 1.51. The highest BCUT2D eigenvalue weighted by atomic mass is 16.5. The highest BCUT2D eigenvalue weighted by Crippen LogP contribution is 2.18. The second kappa shape index (κ2) is 8.11. The van der Waals surface area contributed by atoms with E-state index in [1.54, 1.807) is 0 Å². The molecule has 6 nitrogen and oxygen atoms in total. The maximum absolute atomic E-state index is 12.0. The van der Waals surface area contributed by atoms with Crippen molar-refractivity contribution in [2.45, 2.75) is 13.8 Å². The summed E-state index contributed by atoms with van der Waals surface area (Å²) in [6, 6.07) is 16.8. The van der Waals surface area contributed by atoms with Crippen LogP contribution in [0.25, 0.3) is 0 Å². The molecule has 6 heteroatoms. The fraction of sp³-hybridized carbons (Fsp3) is 0.150. The molecule has 1 amide bonds. The number of hydrogen-bond acceptors (Lipinski definition) is 5. The molecule has 0 aliphatic rings. The lowest BCUT2D eigenvalue weighted by Gasteiger charge is -2.09. The van der Waals surface area contributed by atoms with E-state index in [1.165, 1.54) is 6.33 Å². The number of carbonyl (C=O) groups is 1. The van der Waals surface area contributed by atoms with Gasteiger partial charge < -0.3 is 15.4 Å². The second-order valence-corrected chi connectivity index (χ2v) is 5.90. The topological polar surface area (TPSA) is 76.1 Å². The zero-order valence-electron chi connectivity index (χ0n) is 14.7. The molecule has 2 aromatic carbocycles. The second-order valence-electron chi connectivity index (χ2n) is 5.90. The number of nitrogens with zero attached hydrogens (tertiary/aromatic N) is 2. The van der Waals surface area contributed by atoms with E-state index in [0.717, 1.165) is 22.8 Å². The average molecular weight is 348 g/mol. The third-order valence-electron chi connectivity index (χ3n) is 3.64. The van der Waals surface area contributed by atoms with Gasteiger partial charge in [0.25, 0.3) is 5.91 Å². The van der Waals surface area contributed by atoms with E-state index in [1.807, 2.05) is 68.4 Å². The normalized spacial score (nSPS) is 10.2. The van der Waals surface area contributed by atoms with Gasteiger partial charge in [0.2, 0.25) is 0 Å². The third kappa shape index (κ3) is 5.04. The summed E-state index contributed by atoms with van der Waals surface area (Å²) in [5, 5.41) is 5.99. The van der Waals surface area contributed by atoms with Gasteiger partial charge in [-0.2, -0.15) is 0 Å². The Balaban J connectivity index is 1.51. The lowest BCUT2D eigenvalue weighted by Crippen LogP contribution is -2.20. The first-order chi connectivity index (χ1) is 12.6. The minimum Gasteiger partial charge on any atom is -0.484 e. The molecule has 0 bridgehead atoms. The molecular formula is C20H20N4O2. The van der Waals surface area contributed by atoms with Crippen molar-refractivity contribution in [2.75, 3.05) is 17.2 Å². The average Bonchev–Trinajstić information content (AvgIpc) is 2.63. The number of aryl methyl sites for hydroxylation is 2. The van der Waals surface area contributed by atoms with Crippen molar-refractivity contribution in [3.8, 4) is 5.75 Å². The maximum Gasteiger partial charge on any atom is 0.262 e. The van der Waals surface area contributed by atoms with Gasteiger partial charge in [0, 0.05) is 23.1 Å². The van der Waals surface area contributed by atoms with Crippen LogP contribution in [-0.2, 0) is 4.79 Å². The van der Waals surface area contributed by atoms with Crippen LogP contribution >= 0.6 is 0 Å². The van der Waals surface area contributed by atoms with Gasteiger partial charge in [-0.3, -0.25) is 4.79 Å². The van der Waals surface area contributed by atoms with E-state index < -0.39 is 0 Å². The van der Waals surface area contributed by atoms with Gasteiger partial charge in [-0.15, -0.1) is 0 Å². The largest absolute Gasteiger partial charge is 0.484 e. The van der Waals surface area contributed by atoms with Crippen molar-refractivity contribution in [1.82, 2.24) is 9.97 Å². The van der Waals surface area contributed by atoms with Crippen LogP contribution in [0.5, 0.6) is 5.75 Å². The first kappa shape index (κ1) is 17.4. The lowest BCUT2D eigenvalue weighted by molar-refractivity contribution is -0.118. The molecule has 0 radical (unpaired) electrons. The molecule has 0 spiro atoms. The van der Waals surface area contributed by atoms with Crippen molar-refractivity contribution < 1.29 is 9.53 Å². The zero-order valence-corrected chi connectivity index (χ0v) is 14.7. The minimum atomic E-state index is -0.210.